The summed E-state index contributed by atoms with van der Waals surface area (Å²) in [4.78, 5) is 12.0. The average Bonchev–Trinajstić information content (AvgIpc) is 2.47. The monoisotopic (exact) mass is 317 g/mol. The van der Waals surface area contributed by atoms with Crippen LogP contribution >= 0.6 is 0 Å². The number of halogens is 3. The highest BCUT2D eigenvalue weighted by Crippen LogP contribution is 2.29. The van der Waals surface area contributed by atoms with Gasteiger partial charge in [-0.3, -0.25) is 4.79 Å². The third kappa shape index (κ3) is 4.45. The molecule has 1 amide bonds. The van der Waals surface area contributed by atoms with Crippen LogP contribution in [-0.4, -0.2) is 38.4 Å². The molecule has 2 rings (SSSR count). The van der Waals surface area contributed by atoms with Gasteiger partial charge >= 0.3 is 6.18 Å². The molecule has 0 spiro atoms. The summed E-state index contributed by atoms with van der Waals surface area (Å²) in [5, 5.41) is 2.85. The van der Waals surface area contributed by atoms with Crippen molar-refractivity contribution in [3.8, 4) is 0 Å². The lowest BCUT2D eigenvalue weighted by Crippen LogP contribution is -2.50. The third-order valence-electron chi connectivity index (χ3n) is 3.60. The quantitative estimate of drug-likeness (QED) is 0.926. The molecule has 1 aliphatic heterocycles. The summed E-state index contributed by atoms with van der Waals surface area (Å²) in [5.41, 5.74) is -0.188. The Labute approximate surface area is 126 Å². The fraction of sp³-hybridized carbons (Fsp3) is 0.533. The van der Waals surface area contributed by atoms with Gasteiger partial charge in [0.1, 0.15) is 6.10 Å². The molecular weight excluding hydrogens is 299 g/mol. The Morgan fingerprint density at radius 1 is 1.36 bits per heavy atom. The molecule has 1 saturated heterocycles. The van der Waals surface area contributed by atoms with E-state index in [4.69, 9.17) is 9.47 Å². The fourth-order valence-electron chi connectivity index (χ4n) is 2.36. The van der Waals surface area contributed by atoms with Crippen molar-refractivity contribution in [1.82, 2.24) is 5.32 Å². The van der Waals surface area contributed by atoms with E-state index >= 15 is 0 Å². The SMILES string of the molecule is CO[C@@H]1COCC[C@H]1NC(=O)Cc1ccc(C(F)(F)F)cc1. The van der Waals surface area contributed by atoms with Crippen LogP contribution in [0.25, 0.3) is 0 Å². The van der Waals surface area contributed by atoms with Crippen molar-refractivity contribution in [2.75, 3.05) is 20.3 Å². The highest BCUT2D eigenvalue weighted by molar-refractivity contribution is 5.78. The van der Waals surface area contributed by atoms with Crippen LogP contribution in [0, 0.1) is 0 Å². The van der Waals surface area contributed by atoms with E-state index in [1.54, 1.807) is 7.11 Å². The molecule has 22 heavy (non-hydrogen) atoms. The summed E-state index contributed by atoms with van der Waals surface area (Å²) < 4.78 is 47.9. The topological polar surface area (TPSA) is 47.6 Å². The van der Waals surface area contributed by atoms with E-state index in [1.807, 2.05) is 0 Å². The highest BCUT2D eigenvalue weighted by atomic mass is 19.4. The molecule has 1 heterocycles. The lowest BCUT2D eigenvalue weighted by Gasteiger charge is -2.31. The minimum atomic E-state index is -4.37. The maximum Gasteiger partial charge on any atom is 0.416 e. The van der Waals surface area contributed by atoms with Crippen molar-refractivity contribution >= 4 is 5.91 Å². The van der Waals surface area contributed by atoms with E-state index in [0.29, 0.717) is 25.2 Å². The molecule has 0 aliphatic carbocycles. The zero-order chi connectivity index (χ0) is 16.2. The van der Waals surface area contributed by atoms with E-state index in [2.05, 4.69) is 5.32 Å². The summed E-state index contributed by atoms with van der Waals surface area (Å²) in [5.74, 6) is -0.242. The number of carbonyl (C=O) groups excluding carboxylic acids is 1. The first-order valence-electron chi connectivity index (χ1n) is 6.96. The van der Waals surface area contributed by atoms with Gasteiger partial charge in [-0.15, -0.1) is 0 Å². The van der Waals surface area contributed by atoms with Crippen LogP contribution in [0.5, 0.6) is 0 Å². The maximum atomic E-state index is 12.5. The predicted octanol–water partition coefficient (Wildman–Crippen LogP) is 2.17. The van der Waals surface area contributed by atoms with Crippen molar-refractivity contribution in [1.29, 1.82) is 0 Å². The molecule has 1 N–H and O–H groups in total. The van der Waals surface area contributed by atoms with E-state index in [-0.39, 0.29) is 24.5 Å². The second-order valence-corrected chi connectivity index (χ2v) is 5.18. The maximum absolute atomic E-state index is 12.5. The summed E-state index contributed by atoms with van der Waals surface area (Å²) in [6.07, 6.45) is -3.89. The van der Waals surface area contributed by atoms with Gasteiger partial charge in [0, 0.05) is 13.7 Å². The van der Waals surface area contributed by atoms with Crippen molar-refractivity contribution in [3.05, 3.63) is 35.4 Å². The Balaban J connectivity index is 1.91. The van der Waals surface area contributed by atoms with Crippen molar-refractivity contribution in [2.24, 2.45) is 0 Å². The van der Waals surface area contributed by atoms with Crippen LogP contribution in [0.4, 0.5) is 13.2 Å². The number of alkyl halides is 3. The molecule has 0 bridgehead atoms. The van der Waals surface area contributed by atoms with E-state index < -0.39 is 11.7 Å². The Bertz CT molecular complexity index is 502. The number of ether oxygens (including phenoxy) is 2. The van der Waals surface area contributed by atoms with Gasteiger partial charge in [-0.25, -0.2) is 0 Å². The van der Waals surface area contributed by atoms with Crippen molar-refractivity contribution < 1.29 is 27.4 Å². The van der Waals surface area contributed by atoms with Crippen molar-refractivity contribution in [2.45, 2.75) is 31.2 Å². The molecule has 7 heteroatoms. The first-order valence-corrected chi connectivity index (χ1v) is 6.96. The fourth-order valence-corrected chi connectivity index (χ4v) is 2.36. The lowest BCUT2D eigenvalue weighted by molar-refractivity contribution is -0.137. The van der Waals surface area contributed by atoms with Crippen molar-refractivity contribution in [3.63, 3.8) is 0 Å². The number of benzene rings is 1. The smallest absolute Gasteiger partial charge is 0.379 e. The van der Waals surface area contributed by atoms with Gasteiger partial charge in [0.15, 0.2) is 0 Å². The number of nitrogens with one attached hydrogen (secondary N) is 1. The highest BCUT2D eigenvalue weighted by Gasteiger charge is 2.30. The molecule has 0 unspecified atom stereocenters. The number of amides is 1. The number of rotatable bonds is 4. The second-order valence-electron chi connectivity index (χ2n) is 5.18. The molecule has 1 aromatic rings. The van der Waals surface area contributed by atoms with Gasteiger partial charge in [-0.05, 0) is 24.1 Å². The Morgan fingerprint density at radius 2 is 2.05 bits per heavy atom. The van der Waals surface area contributed by atoms with Gasteiger partial charge in [0.05, 0.1) is 24.6 Å². The number of hydrogen-bond acceptors (Lipinski definition) is 3. The molecule has 122 valence electrons. The zero-order valence-electron chi connectivity index (χ0n) is 12.2. The molecule has 0 radical (unpaired) electrons. The lowest BCUT2D eigenvalue weighted by atomic mass is 10.0. The zero-order valence-corrected chi connectivity index (χ0v) is 12.2. The predicted molar refractivity (Wildman–Crippen MR) is 73.3 cm³/mol. The first kappa shape index (κ1) is 16.8. The number of methoxy groups -OCH3 is 1. The van der Waals surface area contributed by atoms with Crippen LogP contribution in [-0.2, 0) is 26.9 Å². The van der Waals surface area contributed by atoms with E-state index in [1.165, 1.54) is 12.1 Å². The van der Waals surface area contributed by atoms with Crippen LogP contribution in [0.2, 0.25) is 0 Å². The average molecular weight is 317 g/mol. The molecular formula is C15H18F3NO3. The molecule has 2 atom stereocenters. The summed E-state index contributed by atoms with van der Waals surface area (Å²) >= 11 is 0. The minimum Gasteiger partial charge on any atom is -0.379 e. The minimum absolute atomic E-state index is 0.0337. The van der Waals surface area contributed by atoms with E-state index in [9.17, 15) is 18.0 Å². The van der Waals surface area contributed by atoms with Crippen LogP contribution in [0.3, 0.4) is 0 Å². The molecule has 1 fully saturated rings. The van der Waals surface area contributed by atoms with Gasteiger partial charge in [0.25, 0.3) is 0 Å². The molecule has 4 nitrogen and oxygen atoms in total. The molecule has 1 aliphatic rings. The van der Waals surface area contributed by atoms with Crippen LogP contribution in [0.1, 0.15) is 17.5 Å². The van der Waals surface area contributed by atoms with Crippen LogP contribution in [0.15, 0.2) is 24.3 Å². The largest absolute Gasteiger partial charge is 0.416 e. The van der Waals surface area contributed by atoms with Crippen LogP contribution < -0.4 is 5.32 Å². The summed E-state index contributed by atoms with van der Waals surface area (Å²) in [6, 6.07) is 4.46. The normalized spacial score (nSPS) is 22.4. The van der Waals surface area contributed by atoms with E-state index in [0.717, 1.165) is 12.1 Å². The molecule has 1 aromatic carbocycles. The van der Waals surface area contributed by atoms with Gasteiger partial charge in [-0.1, -0.05) is 12.1 Å². The molecule has 0 saturated carbocycles. The number of carbonyl (C=O) groups is 1. The summed E-state index contributed by atoms with van der Waals surface area (Å²) in [6.45, 7) is 0.965. The Morgan fingerprint density at radius 3 is 2.64 bits per heavy atom. The third-order valence-corrected chi connectivity index (χ3v) is 3.60. The number of hydrogen-bond donors (Lipinski definition) is 1. The van der Waals surface area contributed by atoms with Gasteiger partial charge in [-0.2, -0.15) is 13.2 Å². The Hall–Kier alpha value is -1.60. The standard InChI is InChI=1S/C15H18F3NO3/c1-21-13-9-22-7-6-12(13)19-14(20)8-10-2-4-11(5-3-10)15(16,17)18/h2-5,12-13H,6-9H2,1H3,(H,19,20)/t12-,13-/m1/s1. The summed E-state index contributed by atoms with van der Waals surface area (Å²) in [7, 11) is 1.55. The Kier molecular flexibility index (Phi) is 5.42. The van der Waals surface area contributed by atoms with Gasteiger partial charge < -0.3 is 14.8 Å². The second kappa shape index (κ2) is 7.11. The van der Waals surface area contributed by atoms with Gasteiger partial charge in [0.2, 0.25) is 5.91 Å². The molecule has 0 aromatic heterocycles. The first-order chi connectivity index (χ1) is 10.4.